The Morgan fingerprint density at radius 3 is 2.84 bits per heavy atom. The van der Waals surface area contributed by atoms with Crippen molar-refractivity contribution in [2.24, 2.45) is 4.99 Å². The number of benzene rings is 1. The normalized spacial score (nSPS) is 17.5. The number of carbonyl (C=O) groups is 2. The molecule has 0 aromatic heterocycles. The maximum absolute atomic E-state index is 11.2. The number of rotatable bonds is 9. The minimum Gasteiger partial charge on any atom is -0.493 e. The Morgan fingerprint density at radius 2 is 2.12 bits per heavy atom. The molecule has 1 aromatic rings. The monoisotopic (exact) mass is 346 g/mol. The van der Waals surface area contributed by atoms with Gasteiger partial charge in [-0.1, -0.05) is 0 Å². The number of unbranched alkanes of at least 4 members (excludes halogenated alkanes) is 1. The molecule has 0 saturated carbocycles. The molecule has 1 unspecified atom stereocenters. The first-order chi connectivity index (χ1) is 12.2. The van der Waals surface area contributed by atoms with E-state index in [0.717, 1.165) is 49.8 Å². The van der Waals surface area contributed by atoms with E-state index in [4.69, 9.17) is 9.47 Å². The topological polar surface area (TPSA) is 68.2 Å². The Labute approximate surface area is 148 Å². The highest BCUT2D eigenvalue weighted by Gasteiger charge is 2.19. The summed E-state index contributed by atoms with van der Waals surface area (Å²) in [6.45, 7) is 3.19. The molecule has 1 atom stereocenters. The maximum atomic E-state index is 11.2. The molecule has 1 aromatic carbocycles. The fourth-order valence-electron chi connectivity index (χ4n) is 2.85. The minimum atomic E-state index is 0.0460. The Balaban J connectivity index is 2.14. The maximum Gasteiger partial charge on any atom is 0.210 e. The first kappa shape index (κ1) is 19.0. The third-order valence-corrected chi connectivity index (χ3v) is 4.32. The molecule has 1 amide bonds. The van der Waals surface area contributed by atoms with Crippen LogP contribution in [0.15, 0.2) is 17.1 Å². The van der Waals surface area contributed by atoms with Gasteiger partial charge in [0.05, 0.1) is 25.4 Å². The average molecular weight is 346 g/mol. The van der Waals surface area contributed by atoms with Crippen molar-refractivity contribution < 1.29 is 19.1 Å². The van der Waals surface area contributed by atoms with E-state index < -0.39 is 0 Å². The lowest BCUT2D eigenvalue weighted by atomic mass is 10.0. The van der Waals surface area contributed by atoms with E-state index >= 15 is 0 Å². The van der Waals surface area contributed by atoms with Crippen LogP contribution in [-0.4, -0.2) is 50.1 Å². The van der Waals surface area contributed by atoms with Gasteiger partial charge in [-0.3, -0.25) is 9.79 Å². The van der Waals surface area contributed by atoms with E-state index in [9.17, 15) is 9.59 Å². The molecule has 25 heavy (non-hydrogen) atoms. The number of carbonyl (C=O) groups excluding carboxylic acids is 2. The van der Waals surface area contributed by atoms with Gasteiger partial charge in [0.2, 0.25) is 6.41 Å². The number of hydrogen-bond donors (Lipinski definition) is 0. The molecule has 6 heteroatoms. The highest BCUT2D eigenvalue weighted by molar-refractivity contribution is 5.73. The predicted octanol–water partition coefficient (Wildman–Crippen LogP) is 3.07. The summed E-state index contributed by atoms with van der Waals surface area (Å²) in [4.78, 5) is 27.9. The van der Waals surface area contributed by atoms with Gasteiger partial charge in [0.1, 0.15) is 6.29 Å². The van der Waals surface area contributed by atoms with Gasteiger partial charge in [-0.05, 0) is 44.2 Å². The summed E-state index contributed by atoms with van der Waals surface area (Å²) in [5.41, 5.74) is 1.77. The summed E-state index contributed by atoms with van der Waals surface area (Å²) in [6, 6.07) is 3.78. The molecule has 1 heterocycles. The molecule has 1 saturated heterocycles. The number of aryl methyl sites for hydroxylation is 1. The van der Waals surface area contributed by atoms with Crippen molar-refractivity contribution in [2.45, 2.75) is 45.1 Å². The Hall–Kier alpha value is -2.37. The van der Waals surface area contributed by atoms with E-state index in [-0.39, 0.29) is 6.04 Å². The summed E-state index contributed by atoms with van der Waals surface area (Å²) < 4.78 is 11.1. The van der Waals surface area contributed by atoms with Crippen LogP contribution in [0.3, 0.4) is 0 Å². The number of amides is 1. The fourth-order valence-corrected chi connectivity index (χ4v) is 2.85. The summed E-state index contributed by atoms with van der Waals surface area (Å²) in [6.07, 6.45) is 7.85. The number of hydrogen-bond acceptors (Lipinski definition) is 5. The molecule has 2 rings (SSSR count). The summed E-state index contributed by atoms with van der Waals surface area (Å²) in [7, 11) is 1.60. The van der Waals surface area contributed by atoms with Gasteiger partial charge < -0.3 is 19.2 Å². The second kappa shape index (κ2) is 9.81. The zero-order valence-corrected chi connectivity index (χ0v) is 14.9. The molecule has 1 aliphatic rings. The lowest BCUT2D eigenvalue weighted by Gasteiger charge is -2.29. The highest BCUT2D eigenvalue weighted by atomic mass is 16.5. The number of piperidine rings is 1. The zero-order chi connectivity index (χ0) is 18.1. The van der Waals surface area contributed by atoms with Crippen molar-refractivity contribution in [1.82, 2.24) is 4.90 Å². The molecule has 0 N–H and O–H groups in total. The molecule has 1 aliphatic heterocycles. The van der Waals surface area contributed by atoms with Crippen molar-refractivity contribution in [3.05, 3.63) is 17.7 Å². The first-order valence-electron chi connectivity index (χ1n) is 8.70. The van der Waals surface area contributed by atoms with Crippen LogP contribution in [0.5, 0.6) is 11.5 Å². The quantitative estimate of drug-likeness (QED) is 0.391. The smallest absolute Gasteiger partial charge is 0.210 e. The second-order valence-electron chi connectivity index (χ2n) is 6.13. The van der Waals surface area contributed by atoms with E-state index in [1.807, 2.05) is 25.3 Å². The molecule has 0 spiro atoms. The third kappa shape index (κ3) is 5.31. The summed E-state index contributed by atoms with van der Waals surface area (Å²) in [5.74, 6) is 1.26. The standard InChI is InChI=1S/C19H26N2O4/c1-15-11-18(24-2)19(25-10-6-5-9-22)12-17(15)20-13-16-7-3-4-8-21(16)14-23/h9,11-14,16H,3-8,10H2,1-2H3/b20-13-. The van der Waals surface area contributed by atoms with Gasteiger partial charge in [0.15, 0.2) is 11.5 Å². The van der Waals surface area contributed by atoms with Crippen molar-refractivity contribution >= 4 is 24.6 Å². The zero-order valence-electron chi connectivity index (χ0n) is 14.9. The van der Waals surface area contributed by atoms with Crippen molar-refractivity contribution in [2.75, 3.05) is 20.3 Å². The SMILES string of the molecule is COc1cc(C)c(/N=C\C2CCCCN2C=O)cc1OCCCC=O. The Bertz CT molecular complexity index is 616. The lowest BCUT2D eigenvalue weighted by Crippen LogP contribution is -2.39. The van der Waals surface area contributed by atoms with E-state index in [1.54, 1.807) is 12.0 Å². The molecule has 1 fully saturated rings. The molecular formula is C19H26N2O4. The van der Waals surface area contributed by atoms with Gasteiger partial charge in [-0.2, -0.15) is 0 Å². The lowest BCUT2D eigenvalue weighted by molar-refractivity contribution is -0.119. The first-order valence-corrected chi connectivity index (χ1v) is 8.70. The average Bonchev–Trinajstić information content (AvgIpc) is 2.65. The number of likely N-dealkylation sites (tertiary alicyclic amines) is 1. The molecule has 0 bridgehead atoms. The molecule has 136 valence electrons. The van der Waals surface area contributed by atoms with Crippen molar-refractivity contribution in [3.63, 3.8) is 0 Å². The van der Waals surface area contributed by atoms with Crippen LogP contribution in [-0.2, 0) is 9.59 Å². The van der Waals surface area contributed by atoms with E-state index in [0.29, 0.717) is 30.9 Å². The van der Waals surface area contributed by atoms with Crippen LogP contribution in [0.1, 0.15) is 37.7 Å². The Kier molecular flexibility index (Phi) is 7.44. The van der Waals surface area contributed by atoms with Gasteiger partial charge in [-0.15, -0.1) is 0 Å². The van der Waals surface area contributed by atoms with E-state index in [2.05, 4.69) is 4.99 Å². The number of nitrogens with zero attached hydrogens (tertiary/aromatic N) is 2. The molecular weight excluding hydrogens is 320 g/mol. The number of aliphatic imine (C=N–C) groups is 1. The van der Waals surface area contributed by atoms with Crippen LogP contribution in [0.4, 0.5) is 5.69 Å². The predicted molar refractivity (Wildman–Crippen MR) is 97.1 cm³/mol. The van der Waals surface area contributed by atoms with Crippen molar-refractivity contribution in [1.29, 1.82) is 0 Å². The Morgan fingerprint density at radius 1 is 1.28 bits per heavy atom. The summed E-state index contributed by atoms with van der Waals surface area (Å²) >= 11 is 0. The number of ether oxygens (including phenoxy) is 2. The molecule has 0 radical (unpaired) electrons. The van der Waals surface area contributed by atoms with Crippen LogP contribution in [0.25, 0.3) is 0 Å². The highest BCUT2D eigenvalue weighted by Crippen LogP contribution is 2.34. The van der Waals surface area contributed by atoms with Crippen LogP contribution in [0, 0.1) is 6.92 Å². The third-order valence-electron chi connectivity index (χ3n) is 4.32. The largest absolute Gasteiger partial charge is 0.493 e. The van der Waals surface area contributed by atoms with Gasteiger partial charge in [0, 0.05) is 25.2 Å². The van der Waals surface area contributed by atoms with Crippen molar-refractivity contribution in [3.8, 4) is 11.5 Å². The van der Waals surface area contributed by atoms with Gasteiger partial charge in [0.25, 0.3) is 0 Å². The summed E-state index contributed by atoms with van der Waals surface area (Å²) in [5, 5.41) is 0. The fraction of sp³-hybridized carbons (Fsp3) is 0.526. The molecule has 0 aliphatic carbocycles. The van der Waals surface area contributed by atoms with E-state index in [1.165, 1.54) is 0 Å². The second-order valence-corrected chi connectivity index (χ2v) is 6.13. The number of aldehydes is 1. The number of methoxy groups -OCH3 is 1. The van der Waals surface area contributed by atoms with Crippen LogP contribution < -0.4 is 9.47 Å². The molecule has 6 nitrogen and oxygen atoms in total. The minimum absolute atomic E-state index is 0.0460. The van der Waals surface area contributed by atoms with Gasteiger partial charge in [-0.25, -0.2) is 0 Å². The van der Waals surface area contributed by atoms with Crippen LogP contribution >= 0.6 is 0 Å². The van der Waals surface area contributed by atoms with Crippen LogP contribution in [0.2, 0.25) is 0 Å². The van der Waals surface area contributed by atoms with Gasteiger partial charge >= 0.3 is 0 Å².